The molecule has 0 spiro atoms. The Labute approximate surface area is 120 Å². The van der Waals surface area contributed by atoms with Gasteiger partial charge in [-0.05, 0) is 40.0 Å². The van der Waals surface area contributed by atoms with Crippen LogP contribution in [0.5, 0.6) is 11.5 Å². The molecule has 5 nitrogen and oxygen atoms in total. The van der Waals surface area contributed by atoms with Crippen molar-refractivity contribution in [3.05, 3.63) is 22.2 Å². The highest BCUT2D eigenvalue weighted by Gasteiger charge is 2.07. The van der Waals surface area contributed by atoms with Crippen LogP contribution >= 0.6 is 15.9 Å². The molecule has 104 valence electrons. The van der Waals surface area contributed by atoms with Gasteiger partial charge < -0.3 is 9.84 Å². The second-order valence-corrected chi connectivity index (χ2v) is 4.80. The molecule has 0 saturated carbocycles. The van der Waals surface area contributed by atoms with Crippen molar-refractivity contribution in [1.82, 2.24) is 5.43 Å². The number of phenolic OH excluding ortho intramolecular Hbond substituents is 1. The smallest absolute Gasteiger partial charge is 0.240 e. The van der Waals surface area contributed by atoms with Crippen LogP contribution < -0.4 is 10.2 Å². The van der Waals surface area contributed by atoms with Gasteiger partial charge in [0, 0.05) is 6.42 Å². The fourth-order valence-electron chi connectivity index (χ4n) is 1.40. The normalized spacial score (nSPS) is 10.7. The molecule has 0 atom stereocenters. The Hall–Kier alpha value is -1.56. The lowest BCUT2D eigenvalue weighted by Crippen LogP contribution is -2.16. The Morgan fingerprint density at radius 1 is 1.58 bits per heavy atom. The fraction of sp³-hybridized carbons (Fsp3) is 0.385. The number of carbonyl (C=O) groups is 1. The highest BCUT2D eigenvalue weighted by atomic mass is 79.9. The summed E-state index contributed by atoms with van der Waals surface area (Å²) in [5, 5.41) is 13.5. The molecule has 0 saturated heterocycles. The van der Waals surface area contributed by atoms with Crippen LogP contribution in [0.4, 0.5) is 0 Å². The molecule has 1 amide bonds. The summed E-state index contributed by atoms with van der Waals surface area (Å²) in [4.78, 5) is 11.3. The molecule has 0 heterocycles. The zero-order valence-electron chi connectivity index (χ0n) is 10.9. The number of rotatable bonds is 6. The van der Waals surface area contributed by atoms with Crippen LogP contribution in [0.3, 0.4) is 0 Å². The molecule has 0 aromatic heterocycles. The average Bonchev–Trinajstić information content (AvgIpc) is 2.40. The predicted molar refractivity (Wildman–Crippen MR) is 77.6 cm³/mol. The maximum absolute atomic E-state index is 11.3. The van der Waals surface area contributed by atoms with Gasteiger partial charge in [-0.25, -0.2) is 5.43 Å². The van der Waals surface area contributed by atoms with Crippen molar-refractivity contribution in [1.29, 1.82) is 0 Å². The minimum absolute atomic E-state index is 0.0339. The molecule has 6 heteroatoms. The number of benzene rings is 1. The summed E-state index contributed by atoms with van der Waals surface area (Å²) >= 11 is 3.21. The number of amides is 1. The topological polar surface area (TPSA) is 70.9 Å². The number of methoxy groups -OCH3 is 1. The lowest BCUT2D eigenvalue weighted by molar-refractivity contribution is -0.121. The van der Waals surface area contributed by atoms with E-state index in [0.29, 0.717) is 22.2 Å². The summed E-state index contributed by atoms with van der Waals surface area (Å²) in [5.74, 6) is 0.266. The first-order valence-electron chi connectivity index (χ1n) is 5.96. The number of halogens is 1. The number of unbranched alkanes of at least 4 members (excludes halogenated alkanes) is 1. The standard InChI is InChI=1S/C13H17BrN2O3/c1-3-4-5-12(17)16-15-8-9-6-10(14)13(18)11(7-9)19-2/h6-8,18H,3-5H2,1-2H3,(H,16,17). The van der Waals surface area contributed by atoms with Gasteiger partial charge in [-0.15, -0.1) is 0 Å². The third kappa shape index (κ3) is 4.90. The van der Waals surface area contributed by atoms with E-state index < -0.39 is 0 Å². The van der Waals surface area contributed by atoms with Crippen molar-refractivity contribution in [2.75, 3.05) is 7.11 Å². The molecule has 1 aromatic carbocycles. The second kappa shape index (κ2) is 7.78. The van der Waals surface area contributed by atoms with E-state index in [1.54, 1.807) is 12.1 Å². The molecule has 0 aliphatic carbocycles. The first-order chi connectivity index (χ1) is 9.08. The molecule has 19 heavy (non-hydrogen) atoms. The average molecular weight is 329 g/mol. The quantitative estimate of drug-likeness (QED) is 0.623. The maximum atomic E-state index is 11.3. The van der Waals surface area contributed by atoms with Gasteiger partial charge in [-0.2, -0.15) is 5.10 Å². The van der Waals surface area contributed by atoms with Gasteiger partial charge in [-0.1, -0.05) is 13.3 Å². The van der Waals surface area contributed by atoms with Crippen LogP contribution in [0.15, 0.2) is 21.7 Å². The zero-order chi connectivity index (χ0) is 14.3. The Kier molecular flexibility index (Phi) is 6.35. The molecule has 0 bridgehead atoms. The van der Waals surface area contributed by atoms with E-state index >= 15 is 0 Å². The third-order valence-electron chi connectivity index (χ3n) is 2.43. The van der Waals surface area contributed by atoms with Gasteiger partial charge in [0.25, 0.3) is 0 Å². The van der Waals surface area contributed by atoms with Crippen LogP contribution in [0.25, 0.3) is 0 Å². The first-order valence-corrected chi connectivity index (χ1v) is 6.76. The fourth-order valence-corrected chi connectivity index (χ4v) is 1.86. The van der Waals surface area contributed by atoms with Crippen LogP contribution in [-0.4, -0.2) is 24.3 Å². The third-order valence-corrected chi connectivity index (χ3v) is 3.04. The van der Waals surface area contributed by atoms with E-state index in [2.05, 4.69) is 26.5 Å². The van der Waals surface area contributed by atoms with Crippen molar-refractivity contribution in [3.63, 3.8) is 0 Å². The molecule has 0 unspecified atom stereocenters. The minimum atomic E-state index is -0.108. The number of carbonyl (C=O) groups excluding carboxylic acids is 1. The number of hydrogen-bond donors (Lipinski definition) is 2. The molecular weight excluding hydrogens is 312 g/mol. The van der Waals surface area contributed by atoms with Crippen LogP contribution in [0.1, 0.15) is 31.7 Å². The van der Waals surface area contributed by atoms with Gasteiger partial charge in [0.15, 0.2) is 11.5 Å². The van der Waals surface area contributed by atoms with E-state index in [-0.39, 0.29) is 11.7 Å². The van der Waals surface area contributed by atoms with Gasteiger partial charge in [0.2, 0.25) is 5.91 Å². The summed E-state index contributed by atoms with van der Waals surface area (Å²) in [6, 6.07) is 3.31. The number of ether oxygens (including phenoxy) is 1. The van der Waals surface area contributed by atoms with Gasteiger partial charge >= 0.3 is 0 Å². The summed E-state index contributed by atoms with van der Waals surface area (Å²) < 4.78 is 5.52. The zero-order valence-corrected chi connectivity index (χ0v) is 12.5. The molecule has 0 aliphatic rings. The molecular formula is C13H17BrN2O3. The van der Waals surface area contributed by atoms with Crippen molar-refractivity contribution in [2.45, 2.75) is 26.2 Å². The van der Waals surface area contributed by atoms with E-state index in [1.165, 1.54) is 13.3 Å². The molecule has 0 fully saturated rings. The van der Waals surface area contributed by atoms with Crippen LogP contribution in [0, 0.1) is 0 Å². The van der Waals surface area contributed by atoms with Crippen molar-refractivity contribution < 1.29 is 14.6 Å². The number of hydrogen-bond acceptors (Lipinski definition) is 4. The lowest BCUT2D eigenvalue weighted by Gasteiger charge is -2.06. The second-order valence-electron chi connectivity index (χ2n) is 3.95. The summed E-state index contributed by atoms with van der Waals surface area (Å²) in [6.07, 6.45) is 3.78. The molecule has 0 radical (unpaired) electrons. The van der Waals surface area contributed by atoms with E-state index in [1.807, 2.05) is 6.92 Å². The van der Waals surface area contributed by atoms with Crippen molar-refractivity contribution in [3.8, 4) is 11.5 Å². The summed E-state index contributed by atoms with van der Waals surface area (Å²) in [7, 11) is 1.47. The lowest BCUT2D eigenvalue weighted by atomic mass is 10.2. The van der Waals surface area contributed by atoms with Crippen molar-refractivity contribution in [2.24, 2.45) is 5.10 Å². The number of phenols is 1. The molecule has 1 rings (SSSR count). The Morgan fingerprint density at radius 2 is 2.32 bits per heavy atom. The Bertz CT molecular complexity index is 475. The summed E-state index contributed by atoms with van der Waals surface area (Å²) in [5.41, 5.74) is 3.16. The Balaban J connectivity index is 2.67. The Morgan fingerprint density at radius 3 is 2.95 bits per heavy atom. The predicted octanol–water partition coefficient (Wildman–Crippen LogP) is 2.80. The highest BCUT2D eigenvalue weighted by Crippen LogP contribution is 2.34. The van der Waals surface area contributed by atoms with Gasteiger partial charge in [0.1, 0.15) is 0 Å². The molecule has 2 N–H and O–H groups in total. The summed E-state index contributed by atoms with van der Waals surface area (Å²) in [6.45, 7) is 2.02. The van der Waals surface area contributed by atoms with Crippen molar-refractivity contribution >= 4 is 28.1 Å². The van der Waals surface area contributed by atoms with E-state index in [0.717, 1.165) is 12.8 Å². The number of aromatic hydroxyl groups is 1. The van der Waals surface area contributed by atoms with Crippen LogP contribution in [-0.2, 0) is 4.79 Å². The largest absolute Gasteiger partial charge is 0.503 e. The monoisotopic (exact) mass is 328 g/mol. The number of hydrazone groups is 1. The SMILES string of the molecule is CCCCC(=O)NN=Cc1cc(Br)c(O)c(OC)c1. The van der Waals surface area contributed by atoms with Gasteiger partial charge in [0.05, 0.1) is 17.8 Å². The number of nitrogens with one attached hydrogen (secondary N) is 1. The highest BCUT2D eigenvalue weighted by molar-refractivity contribution is 9.10. The van der Waals surface area contributed by atoms with Crippen LogP contribution in [0.2, 0.25) is 0 Å². The van der Waals surface area contributed by atoms with E-state index in [4.69, 9.17) is 4.74 Å². The van der Waals surface area contributed by atoms with E-state index in [9.17, 15) is 9.90 Å². The molecule has 1 aromatic rings. The number of nitrogens with zero attached hydrogens (tertiary/aromatic N) is 1. The maximum Gasteiger partial charge on any atom is 0.240 e. The first kappa shape index (κ1) is 15.5. The molecule has 0 aliphatic heterocycles. The minimum Gasteiger partial charge on any atom is -0.503 e. The van der Waals surface area contributed by atoms with Gasteiger partial charge in [-0.3, -0.25) is 4.79 Å².